The van der Waals surface area contributed by atoms with Gasteiger partial charge in [0.05, 0.1) is 19.8 Å². The minimum atomic E-state index is -0.651. The second kappa shape index (κ2) is 12.4. The highest BCUT2D eigenvalue weighted by atomic mass is 16.6. The molecule has 0 saturated carbocycles. The summed E-state index contributed by atoms with van der Waals surface area (Å²) in [5.74, 6) is -0.312. The van der Waals surface area contributed by atoms with E-state index in [4.69, 9.17) is 23.7 Å². The molecule has 1 aliphatic rings. The maximum atomic E-state index is 13.6. The molecule has 0 amide bonds. The molecule has 1 aliphatic heterocycles. The van der Waals surface area contributed by atoms with Crippen molar-refractivity contribution in [1.82, 2.24) is 4.57 Å². The van der Waals surface area contributed by atoms with E-state index in [0.717, 1.165) is 22.4 Å². The highest BCUT2D eigenvalue weighted by Gasteiger charge is 2.36. The molecule has 2 heterocycles. The third-order valence-electron chi connectivity index (χ3n) is 6.40. The average Bonchev–Trinajstić information content (AvgIpc) is 3.58. The number of ether oxygens (including phenoxy) is 5. The summed E-state index contributed by atoms with van der Waals surface area (Å²) in [6, 6.07) is 24.6. The third kappa shape index (κ3) is 5.66. The first-order valence-corrected chi connectivity index (χ1v) is 13.3. The van der Waals surface area contributed by atoms with E-state index < -0.39 is 11.9 Å². The molecule has 0 bridgehead atoms. The van der Waals surface area contributed by atoms with Crippen LogP contribution < -0.4 is 14.2 Å². The third-order valence-corrected chi connectivity index (χ3v) is 6.40. The first-order valence-electron chi connectivity index (χ1n) is 13.3. The molecule has 0 spiro atoms. The van der Waals surface area contributed by atoms with Crippen molar-refractivity contribution < 1.29 is 33.3 Å². The van der Waals surface area contributed by atoms with Crippen molar-refractivity contribution in [3.8, 4) is 22.9 Å². The van der Waals surface area contributed by atoms with Crippen LogP contribution in [0, 0.1) is 0 Å². The predicted octanol–water partition coefficient (Wildman–Crippen LogP) is 5.92. The topological polar surface area (TPSA) is 85.2 Å². The van der Waals surface area contributed by atoms with Crippen LogP contribution in [0.1, 0.15) is 51.5 Å². The second-order valence-corrected chi connectivity index (χ2v) is 9.07. The van der Waals surface area contributed by atoms with Gasteiger partial charge >= 0.3 is 11.9 Å². The van der Waals surface area contributed by atoms with Crippen molar-refractivity contribution in [2.75, 3.05) is 19.8 Å². The molecule has 0 radical (unpaired) electrons. The highest BCUT2D eigenvalue weighted by Crippen LogP contribution is 2.43. The lowest BCUT2D eigenvalue weighted by atomic mass is 10.1. The summed E-state index contributed by atoms with van der Waals surface area (Å²) in [5, 5.41) is 0. The summed E-state index contributed by atoms with van der Waals surface area (Å²) in [5.41, 5.74) is 3.38. The fourth-order valence-electron chi connectivity index (χ4n) is 4.59. The van der Waals surface area contributed by atoms with Gasteiger partial charge in [-0.3, -0.25) is 4.57 Å². The quantitative estimate of drug-likeness (QED) is 0.218. The van der Waals surface area contributed by atoms with Gasteiger partial charge in [0.25, 0.3) is 0 Å². The van der Waals surface area contributed by atoms with E-state index in [9.17, 15) is 9.59 Å². The molecule has 0 unspecified atom stereocenters. The highest BCUT2D eigenvalue weighted by molar-refractivity contribution is 6.01. The molecule has 0 atom stereocenters. The molecule has 0 saturated heterocycles. The lowest BCUT2D eigenvalue weighted by molar-refractivity contribution is 0.0506. The maximum Gasteiger partial charge on any atom is 0.359 e. The molecule has 0 fully saturated rings. The number of rotatable bonds is 11. The number of fused-ring (bicyclic) bond motifs is 1. The molecule has 8 nitrogen and oxygen atoms in total. The number of aromatic nitrogens is 1. The lowest BCUT2D eigenvalue weighted by Crippen LogP contribution is -2.17. The Bertz CT molecular complexity index is 1400. The number of hydrogen-bond donors (Lipinski definition) is 0. The van der Waals surface area contributed by atoms with Crippen LogP contribution >= 0.6 is 0 Å². The Morgan fingerprint density at radius 2 is 1.27 bits per heavy atom. The van der Waals surface area contributed by atoms with Crippen molar-refractivity contribution in [2.45, 2.75) is 33.5 Å². The van der Waals surface area contributed by atoms with Gasteiger partial charge in [-0.15, -0.1) is 0 Å². The molecule has 5 rings (SSSR count). The van der Waals surface area contributed by atoms with Gasteiger partial charge in [-0.2, -0.15) is 0 Å². The van der Waals surface area contributed by atoms with E-state index in [2.05, 4.69) is 0 Å². The first kappa shape index (κ1) is 26.9. The Hall–Kier alpha value is -4.72. The number of esters is 2. The number of carbonyl (C=O) groups excluding carboxylic acids is 2. The van der Waals surface area contributed by atoms with E-state index in [1.54, 1.807) is 19.9 Å². The summed E-state index contributed by atoms with van der Waals surface area (Å²) in [6.45, 7) is 4.56. The van der Waals surface area contributed by atoms with Gasteiger partial charge in [0.15, 0.2) is 22.9 Å². The van der Waals surface area contributed by atoms with Crippen molar-refractivity contribution in [2.24, 2.45) is 0 Å². The average molecular weight is 542 g/mol. The molecule has 8 heteroatoms. The van der Waals surface area contributed by atoms with Crippen molar-refractivity contribution >= 4 is 11.9 Å². The molecule has 40 heavy (non-hydrogen) atoms. The molecular formula is C32H31NO7. The van der Waals surface area contributed by atoms with Gasteiger partial charge in [0.1, 0.15) is 19.0 Å². The molecule has 4 aromatic rings. The van der Waals surface area contributed by atoms with Crippen LogP contribution in [-0.4, -0.2) is 36.3 Å². The SMILES string of the molecule is CCOC(=O)c1c(OCc2ccccc2)c(OCc2ccccc2)c(C(=O)OCC)n1-c1ccc2c(c1)CCO2. The van der Waals surface area contributed by atoms with Gasteiger partial charge < -0.3 is 23.7 Å². The maximum absolute atomic E-state index is 13.6. The first-order chi connectivity index (χ1) is 19.6. The zero-order valence-corrected chi connectivity index (χ0v) is 22.6. The van der Waals surface area contributed by atoms with Gasteiger partial charge in [0, 0.05) is 12.1 Å². The lowest BCUT2D eigenvalue weighted by Gasteiger charge is -2.14. The Balaban J connectivity index is 1.72. The molecular weight excluding hydrogens is 510 g/mol. The van der Waals surface area contributed by atoms with Crippen LogP contribution in [0.15, 0.2) is 78.9 Å². The summed E-state index contributed by atoms with van der Waals surface area (Å²) in [4.78, 5) is 27.1. The minimum absolute atomic E-state index is 0.0442. The summed E-state index contributed by atoms with van der Waals surface area (Å²) >= 11 is 0. The van der Waals surface area contributed by atoms with Crippen LogP contribution in [0.2, 0.25) is 0 Å². The molecule has 0 N–H and O–H groups in total. The second-order valence-electron chi connectivity index (χ2n) is 9.07. The number of nitrogens with zero attached hydrogens (tertiary/aromatic N) is 1. The Morgan fingerprint density at radius 3 is 1.77 bits per heavy atom. The molecule has 0 aliphatic carbocycles. The summed E-state index contributed by atoms with van der Waals surface area (Å²) in [7, 11) is 0. The fourth-order valence-corrected chi connectivity index (χ4v) is 4.59. The normalized spacial score (nSPS) is 11.8. The van der Waals surface area contributed by atoms with Crippen molar-refractivity contribution in [1.29, 1.82) is 0 Å². The van der Waals surface area contributed by atoms with Gasteiger partial charge in [-0.05, 0) is 48.7 Å². The van der Waals surface area contributed by atoms with E-state index in [1.165, 1.54) is 4.57 Å². The predicted molar refractivity (Wildman–Crippen MR) is 148 cm³/mol. The Labute approximate surface area is 233 Å². The number of carbonyl (C=O) groups is 2. The van der Waals surface area contributed by atoms with E-state index in [1.807, 2.05) is 72.8 Å². The van der Waals surface area contributed by atoms with Gasteiger partial charge in [-0.1, -0.05) is 60.7 Å². The largest absolute Gasteiger partial charge is 0.493 e. The van der Waals surface area contributed by atoms with Crippen LogP contribution in [0.5, 0.6) is 17.2 Å². The summed E-state index contributed by atoms with van der Waals surface area (Å²) < 4.78 is 30.7. The minimum Gasteiger partial charge on any atom is -0.493 e. The number of benzene rings is 3. The van der Waals surface area contributed by atoms with Gasteiger partial charge in [-0.25, -0.2) is 9.59 Å². The van der Waals surface area contributed by atoms with Crippen LogP contribution in [0.3, 0.4) is 0 Å². The van der Waals surface area contributed by atoms with Gasteiger partial charge in [0.2, 0.25) is 0 Å². The van der Waals surface area contributed by atoms with Crippen molar-refractivity contribution in [3.63, 3.8) is 0 Å². The zero-order chi connectivity index (χ0) is 27.9. The van der Waals surface area contributed by atoms with Crippen LogP contribution in [-0.2, 0) is 29.1 Å². The molecule has 1 aromatic heterocycles. The van der Waals surface area contributed by atoms with Crippen molar-refractivity contribution in [3.05, 3.63) is 107 Å². The fraction of sp³-hybridized carbons (Fsp3) is 0.250. The summed E-state index contributed by atoms with van der Waals surface area (Å²) in [6.07, 6.45) is 0.711. The van der Waals surface area contributed by atoms with Crippen LogP contribution in [0.4, 0.5) is 0 Å². The van der Waals surface area contributed by atoms with E-state index >= 15 is 0 Å². The van der Waals surface area contributed by atoms with Crippen LogP contribution in [0.25, 0.3) is 5.69 Å². The van der Waals surface area contributed by atoms with E-state index in [-0.39, 0.29) is 49.3 Å². The van der Waals surface area contributed by atoms with E-state index in [0.29, 0.717) is 18.7 Å². The molecule has 206 valence electrons. The zero-order valence-electron chi connectivity index (χ0n) is 22.6. The standard InChI is InChI=1S/C32H31NO7/c1-3-36-31(34)27-29(39-20-22-11-7-5-8-12-22)30(40-21-23-13-9-6-10-14-23)28(32(35)37-4-2)33(27)25-15-16-26-24(19-25)17-18-38-26/h5-16,19H,3-4,17-18,20-21H2,1-2H3. The smallest absolute Gasteiger partial charge is 0.359 e. The number of hydrogen-bond acceptors (Lipinski definition) is 7. The molecule has 3 aromatic carbocycles. The monoisotopic (exact) mass is 541 g/mol. The Kier molecular flexibility index (Phi) is 8.35. The Morgan fingerprint density at radius 1 is 0.750 bits per heavy atom.